The van der Waals surface area contributed by atoms with E-state index in [1.807, 2.05) is 6.07 Å². The van der Waals surface area contributed by atoms with E-state index in [0.717, 1.165) is 25.1 Å². The van der Waals surface area contributed by atoms with E-state index in [-0.39, 0.29) is 11.9 Å². The van der Waals surface area contributed by atoms with E-state index >= 15 is 0 Å². The van der Waals surface area contributed by atoms with Crippen molar-refractivity contribution in [3.8, 4) is 0 Å². The summed E-state index contributed by atoms with van der Waals surface area (Å²) in [6, 6.07) is 6.18. The molecule has 1 atom stereocenters. The molecule has 0 aromatic heterocycles. The fourth-order valence-electron chi connectivity index (χ4n) is 2.82. The highest BCUT2D eigenvalue weighted by atomic mass is 16.5. The molecule has 3 heteroatoms. The van der Waals surface area contributed by atoms with Crippen LogP contribution in [0.1, 0.15) is 34.3 Å². The third kappa shape index (κ3) is 2.47. The van der Waals surface area contributed by atoms with E-state index in [1.54, 1.807) is 0 Å². The van der Waals surface area contributed by atoms with Gasteiger partial charge in [0.25, 0.3) is 0 Å². The lowest BCUT2D eigenvalue weighted by molar-refractivity contribution is 0.0240. The number of ether oxygens (including phenoxy) is 1. The first-order valence-corrected chi connectivity index (χ1v) is 6.80. The summed E-state index contributed by atoms with van der Waals surface area (Å²) < 4.78 is 5.58. The molecule has 0 amide bonds. The van der Waals surface area contributed by atoms with E-state index in [2.05, 4.69) is 17.4 Å². The average Bonchev–Trinajstić information content (AvgIpc) is 2.87. The first-order valence-electron chi connectivity index (χ1n) is 6.80. The lowest BCUT2D eigenvalue weighted by Crippen LogP contribution is -2.39. The summed E-state index contributed by atoms with van der Waals surface area (Å²) >= 11 is 0. The molecule has 1 aromatic carbocycles. The van der Waals surface area contributed by atoms with Gasteiger partial charge in [-0.05, 0) is 36.5 Å². The molecule has 1 aromatic rings. The van der Waals surface area contributed by atoms with Crippen LogP contribution in [0.5, 0.6) is 0 Å². The van der Waals surface area contributed by atoms with Gasteiger partial charge in [-0.1, -0.05) is 12.1 Å². The Balaban J connectivity index is 1.68. The first-order chi connectivity index (χ1) is 8.83. The summed E-state index contributed by atoms with van der Waals surface area (Å²) in [6.07, 6.45) is 4.05. The molecule has 1 N–H and O–H groups in total. The standard InChI is InChI=1S/C15H19NO2/c17-15(9-14-10-16-6-7-18-14)13-5-4-11-2-1-3-12(11)8-13/h4-5,8,14,16H,1-3,6-7,9-10H2. The van der Waals surface area contributed by atoms with Gasteiger partial charge >= 0.3 is 0 Å². The van der Waals surface area contributed by atoms with E-state index in [4.69, 9.17) is 4.74 Å². The number of benzene rings is 1. The molecule has 3 rings (SSSR count). The smallest absolute Gasteiger partial charge is 0.165 e. The van der Waals surface area contributed by atoms with Crippen LogP contribution in [0.3, 0.4) is 0 Å². The maximum atomic E-state index is 12.2. The minimum Gasteiger partial charge on any atom is -0.375 e. The summed E-state index contributed by atoms with van der Waals surface area (Å²) in [7, 11) is 0. The van der Waals surface area contributed by atoms with Crippen LogP contribution >= 0.6 is 0 Å². The lowest BCUT2D eigenvalue weighted by Gasteiger charge is -2.23. The van der Waals surface area contributed by atoms with Crippen molar-refractivity contribution in [1.82, 2.24) is 5.32 Å². The molecule has 0 saturated carbocycles. The number of morpholine rings is 1. The second-order valence-electron chi connectivity index (χ2n) is 5.16. The SMILES string of the molecule is O=C(CC1CNCCO1)c1ccc2c(c1)CCC2. The van der Waals surface area contributed by atoms with Crippen LogP contribution in [-0.2, 0) is 17.6 Å². The number of carbonyl (C=O) groups is 1. The molecule has 96 valence electrons. The molecule has 1 heterocycles. The summed E-state index contributed by atoms with van der Waals surface area (Å²) in [5, 5.41) is 3.26. The number of nitrogens with one attached hydrogen (secondary N) is 1. The quantitative estimate of drug-likeness (QED) is 0.824. The summed E-state index contributed by atoms with van der Waals surface area (Å²) in [4.78, 5) is 12.2. The van der Waals surface area contributed by atoms with Crippen LogP contribution in [0.4, 0.5) is 0 Å². The van der Waals surface area contributed by atoms with Crippen molar-refractivity contribution in [3.05, 3.63) is 34.9 Å². The third-order valence-electron chi connectivity index (χ3n) is 3.84. The number of aryl methyl sites for hydroxylation is 2. The van der Waals surface area contributed by atoms with Gasteiger partial charge in [-0.15, -0.1) is 0 Å². The molecule has 3 nitrogen and oxygen atoms in total. The van der Waals surface area contributed by atoms with Crippen LogP contribution in [-0.4, -0.2) is 31.6 Å². The summed E-state index contributed by atoms with van der Waals surface area (Å²) in [5.41, 5.74) is 3.63. The third-order valence-corrected chi connectivity index (χ3v) is 3.84. The van der Waals surface area contributed by atoms with Gasteiger partial charge in [-0.25, -0.2) is 0 Å². The summed E-state index contributed by atoms with van der Waals surface area (Å²) in [5.74, 6) is 0.207. The van der Waals surface area contributed by atoms with Crippen molar-refractivity contribution in [2.24, 2.45) is 0 Å². The van der Waals surface area contributed by atoms with E-state index < -0.39 is 0 Å². The normalized spacial score (nSPS) is 22.8. The van der Waals surface area contributed by atoms with Gasteiger partial charge in [-0.2, -0.15) is 0 Å². The van der Waals surface area contributed by atoms with Gasteiger partial charge in [0, 0.05) is 25.1 Å². The Morgan fingerprint density at radius 1 is 1.33 bits per heavy atom. The predicted octanol–water partition coefficient (Wildman–Crippen LogP) is 1.74. The molecule has 2 aliphatic rings. The maximum absolute atomic E-state index is 12.2. The van der Waals surface area contributed by atoms with Gasteiger partial charge in [0.15, 0.2) is 5.78 Å². The highest BCUT2D eigenvalue weighted by molar-refractivity contribution is 5.96. The second kappa shape index (κ2) is 5.21. The molecular formula is C15H19NO2. The maximum Gasteiger partial charge on any atom is 0.165 e. The lowest BCUT2D eigenvalue weighted by atomic mass is 10.00. The molecule has 0 radical (unpaired) electrons. The molecular weight excluding hydrogens is 226 g/mol. The molecule has 1 saturated heterocycles. The number of Topliss-reactive ketones (excluding diaryl/α,β-unsaturated/α-hetero) is 1. The Hall–Kier alpha value is -1.19. The van der Waals surface area contributed by atoms with Crippen LogP contribution in [0.25, 0.3) is 0 Å². The minimum absolute atomic E-state index is 0.0412. The number of carbonyl (C=O) groups excluding carboxylic acids is 1. The van der Waals surface area contributed by atoms with Gasteiger partial charge in [0.05, 0.1) is 12.7 Å². The van der Waals surface area contributed by atoms with Crippen LogP contribution in [0.15, 0.2) is 18.2 Å². The van der Waals surface area contributed by atoms with E-state index in [1.165, 1.54) is 24.0 Å². The molecule has 1 aliphatic carbocycles. The Kier molecular flexibility index (Phi) is 3.43. The van der Waals surface area contributed by atoms with Crippen molar-refractivity contribution in [2.75, 3.05) is 19.7 Å². The Labute approximate surface area is 108 Å². The number of ketones is 1. The monoisotopic (exact) mass is 245 g/mol. The highest BCUT2D eigenvalue weighted by Gasteiger charge is 2.19. The molecule has 0 spiro atoms. The van der Waals surface area contributed by atoms with Crippen molar-refractivity contribution in [3.63, 3.8) is 0 Å². The second-order valence-corrected chi connectivity index (χ2v) is 5.16. The minimum atomic E-state index is 0.0412. The van der Waals surface area contributed by atoms with Crippen LogP contribution < -0.4 is 5.32 Å². The van der Waals surface area contributed by atoms with Crippen LogP contribution in [0, 0.1) is 0 Å². The van der Waals surface area contributed by atoms with Crippen molar-refractivity contribution in [1.29, 1.82) is 0 Å². The zero-order valence-corrected chi connectivity index (χ0v) is 10.6. The van der Waals surface area contributed by atoms with E-state index in [9.17, 15) is 4.79 Å². The number of rotatable bonds is 3. The van der Waals surface area contributed by atoms with E-state index in [0.29, 0.717) is 13.0 Å². The zero-order valence-electron chi connectivity index (χ0n) is 10.6. The van der Waals surface area contributed by atoms with Gasteiger partial charge < -0.3 is 10.1 Å². The van der Waals surface area contributed by atoms with Gasteiger partial charge in [0.1, 0.15) is 0 Å². The predicted molar refractivity (Wildman–Crippen MR) is 70.0 cm³/mol. The topological polar surface area (TPSA) is 38.3 Å². The molecule has 18 heavy (non-hydrogen) atoms. The Bertz CT molecular complexity index is 450. The van der Waals surface area contributed by atoms with Crippen molar-refractivity contribution >= 4 is 5.78 Å². The van der Waals surface area contributed by atoms with Gasteiger partial charge in [-0.3, -0.25) is 4.79 Å². The molecule has 0 bridgehead atoms. The zero-order chi connectivity index (χ0) is 12.4. The van der Waals surface area contributed by atoms with Crippen molar-refractivity contribution in [2.45, 2.75) is 31.8 Å². The number of fused-ring (bicyclic) bond motifs is 1. The first kappa shape index (κ1) is 11.9. The highest BCUT2D eigenvalue weighted by Crippen LogP contribution is 2.23. The number of hydrogen-bond donors (Lipinski definition) is 1. The average molecular weight is 245 g/mol. The van der Waals surface area contributed by atoms with Gasteiger partial charge in [0.2, 0.25) is 0 Å². The van der Waals surface area contributed by atoms with Crippen molar-refractivity contribution < 1.29 is 9.53 Å². The summed E-state index contributed by atoms with van der Waals surface area (Å²) in [6.45, 7) is 2.39. The number of hydrogen-bond acceptors (Lipinski definition) is 3. The Morgan fingerprint density at radius 3 is 3.06 bits per heavy atom. The van der Waals surface area contributed by atoms with Crippen LogP contribution in [0.2, 0.25) is 0 Å². The largest absolute Gasteiger partial charge is 0.375 e. The fraction of sp³-hybridized carbons (Fsp3) is 0.533. The fourth-order valence-corrected chi connectivity index (χ4v) is 2.82. The Morgan fingerprint density at radius 2 is 2.22 bits per heavy atom. The molecule has 1 unspecified atom stereocenters. The molecule has 1 fully saturated rings. The molecule has 1 aliphatic heterocycles.